The summed E-state index contributed by atoms with van der Waals surface area (Å²) in [6.07, 6.45) is 3.81. The zero-order valence-electron chi connectivity index (χ0n) is 10.2. The van der Waals surface area contributed by atoms with Crippen molar-refractivity contribution < 1.29 is 0 Å². The highest BCUT2D eigenvalue weighted by Gasteiger charge is 2.02. The summed E-state index contributed by atoms with van der Waals surface area (Å²) in [7, 11) is 4.14. The Morgan fingerprint density at radius 2 is 2.06 bits per heavy atom. The standard InChI is InChI=1S/C13H17N3S/c1-15(12-6-4-3-5-7-12)10-11-17-13-14-8-9-16(13)2/h3-9H,10-11H2,1-2H3. The van der Waals surface area contributed by atoms with E-state index in [1.165, 1.54) is 5.69 Å². The van der Waals surface area contributed by atoms with E-state index in [0.29, 0.717) is 0 Å². The van der Waals surface area contributed by atoms with Crippen LogP contribution in [-0.4, -0.2) is 28.9 Å². The van der Waals surface area contributed by atoms with Gasteiger partial charge < -0.3 is 9.47 Å². The van der Waals surface area contributed by atoms with Crippen molar-refractivity contribution in [2.24, 2.45) is 7.05 Å². The molecule has 0 aliphatic heterocycles. The van der Waals surface area contributed by atoms with Gasteiger partial charge >= 0.3 is 0 Å². The number of aromatic nitrogens is 2. The minimum Gasteiger partial charge on any atom is -0.374 e. The van der Waals surface area contributed by atoms with E-state index >= 15 is 0 Å². The Balaban J connectivity index is 1.81. The number of rotatable bonds is 5. The van der Waals surface area contributed by atoms with Gasteiger partial charge in [0, 0.05) is 44.5 Å². The Hall–Kier alpha value is -1.42. The first kappa shape index (κ1) is 12.0. The lowest BCUT2D eigenvalue weighted by Crippen LogP contribution is -2.20. The van der Waals surface area contributed by atoms with Gasteiger partial charge in [0.05, 0.1) is 0 Å². The van der Waals surface area contributed by atoms with E-state index in [9.17, 15) is 0 Å². The minimum absolute atomic E-state index is 1.02. The molecule has 0 spiro atoms. The van der Waals surface area contributed by atoms with Gasteiger partial charge in [-0.15, -0.1) is 0 Å². The topological polar surface area (TPSA) is 21.1 Å². The second-order valence-corrected chi connectivity index (χ2v) is 4.99. The summed E-state index contributed by atoms with van der Waals surface area (Å²) in [5.74, 6) is 1.04. The van der Waals surface area contributed by atoms with Gasteiger partial charge in [-0.25, -0.2) is 4.98 Å². The molecule has 1 aromatic carbocycles. The lowest BCUT2D eigenvalue weighted by Gasteiger charge is -2.18. The van der Waals surface area contributed by atoms with Crippen molar-refractivity contribution >= 4 is 17.4 Å². The average molecular weight is 247 g/mol. The zero-order chi connectivity index (χ0) is 12.1. The van der Waals surface area contributed by atoms with Crippen LogP contribution >= 0.6 is 11.8 Å². The maximum absolute atomic E-state index is 4.29. The van der Waals surface area contributed by atoms with Crippen LogP contribution in [0.15, 0.2) is 47.9 Å². The summed E-state index contributed by atoms with van der Waals surface area (Å²) < 4.78 is 2.05. The number of anilines is 1. The van der Waals surface area contributed by atoms with E-state index in [-0.39, 0.29) is 0 Å². The van der Waals surface area contributed by atoms with E-state index in [0.717, 1.165) is 17.5 Å². The van der Waals surface area contributed by atoms with Gasteiger partial charge in [0.15, 0.2) is 5.16 Å². The summed E-state index contributed by atoms with van der Waals surface area (Å²) in [5, 5.41) is 1.08. The van der Waals surface area contributed by atoms with Crippen LogP contribution in [0.2, 0.25) is 0 Å². The average Bonchev–Trinajstić information content (AvgIpc) is 2.76. The van der Waals surface area contributed by atoms with Gasteiger partial charge in [0.2, 0.25) is 0 Å². The molecule has 0 N–H and O–H groups in total. The molecule has 4 heteroatoms. The van der Waals surface area contributed by atoms with Gasteiger partial charge in [-0.1, -0.05) is 30.0 Å². The lowest BCUT2D eigenvalue weighted by atomic mass is 10.3. The Morgan fingerprint density at radius 3 is 2.71 bits per heavy atom. The van der Waals surface area contributed by atoms with E-state index in [1.807, 2.05) is 30.1 Å². The monoisotopic (exact) mass is 247 g/mol. The Kier molecular flexibility index (Phi) is 4.09. The number of hydrogen-bond acceptors (Lipinski definition) is 3. The highest BCUT2D eigenvalue weighted by molar-refractivity contribution is 7.99. The maximum atomic E-state index is 4.29. The Morgan fingerprint density at radius 1 is 1.29 bits per heavy atom. The van der Waals surface area contributed by atoms with Crippen molar-refractivity contribution in [3.63, 3.8) is 0 Å². The molecule has 2 rings (SSSR count). The summed E-state index contributed by atoms with van der Waals surface area (Å²) in [6, 6.07) is 10.4. The molecule has 0 amide bonds. The van der Waals surface area contributed by atoms with Crippen LogP contribution in [0, 0.1) is 0 Å². The third-order valence-corrected chi connectivity index (χ3v) is 3.67. The Labute approximate surface area is 106 Å². The van der Waals surface area contributed by atoms with Gasteiger partial charge in [0.25, 0.3) is 0 Å². The fraction of sp³-hybridized carbons (Fsp3) is 0.308. The molecule has 0 aliphatic carbocycles. The van der Waals surface area contributed by atoms with Gasteiger partial charge in [-0.2, -0.15) is 0 Å². The van der Waals surface area contributed by atoms with Crippen molar-refractivity contribution in [3.8, 4) is 0 Å². The van der Waals surface area contributed by atoms with Crippen LogP contribution in [0.3, 0.4) is 0 Å². The van der Waals surface area contributed by atoms with Crippen LogP contribution in [0.4, 0.5) is 5.69 Å². The lowest BCUT2D eigenvalue weighted by molar-refractivity contribution is 0.789. The summed E-state index contributed by atoms with van der Waals surface area (Å²) in [5.41, 5.74) is 1.26. The third kappa shape index (κ3) is 3.27. The predicted octanol–water partition coefficient (Wildman–Crippen LogP) is 2.65. The molecule has 0 saturated carbocycles. The van der Waals surface area contributed by atoms with Crippen molar-refractivity contribution in [2.45, 2.75) is 5.16 Å². The molecule has 0 radical (unpaired) electrons. The molecule has 0 saturated heterocycles. The smallest absolute Gasteiger partial charge is 0.167 e. The van der Waals surface area contributed by atoms with Crippen LogP contribution in [-0.2, 0) is 7.05 Å². The first-order chi connectivity index (χ1) is 8.27. The molecule has 17 heavy (non-hydrogen) atoms. The van der Waals surface area contributed by atoms with Crippen LogP contribution < -0.4 is 4.90 Å². The molecule has 0 aliphatic rings. The maximum Gasteiger partial charge on any atom is 0.167 e. The molecular formula is C13H17N3S. The van der Waals surface area contributed by atoms with Gasteiger partial charge in [-0.3, -0.25) is 0 Å². The molecule has 0 unspecified atom stereocenters. The van der Waals surface area contributed by atoms with Crippen molar-refractivity contribution in [2.75, 3.05) is 24.2 Å². The number of nitrogens with zero attached hydrogens (tertiary/aromatic N) is 3. The van der Waals surface area contributed by atoms with Crippen LogP contribution in [0.5, 0.6) is 0 Å². The second kappa shape index (κ2) is 5.77. The Bertz CT molecular complexity index is 453. The first-order valence-electron chi connectivity index (χ1n) is 5.63. The van der Waals surface area contributed by atoms with E-state index in [2.05, 4.69) is 41.2 Å². The predicted molar refractivity (Wildman–Crippen MR) is 73.6 cm³/mol. The molecule has 0 bridgehead atoms. The van der Waals surface area contributed by atoms with E-state index < -0.39 is 0 Å². The molecule has 2 aromatic rings. The normalized spacial score (nSPS) is 10.5. The SMILES string of the molecule is CN(CCSc1nccn1C)c1ccccc1. The number of para-hydroxylation sites is 1. The molecule has 90 valence electrons. The molecule has 1 aromatic heterocycles. The minimum atomic E-state index is 1.02. The number of aryl methyl sites for hydroxylation is 1. The number of hydrogen-bond donors (Lipinski definition) is 0. The first-order valence-corrected chi connectivity index (χ1v) is 6.62. The largest absolute Gasteiger partial charge is 0.374 e. The molecule has 1 heterocycles. The quantitative estimate of drug-likeness (QED) is 0.758. The van der Waals surface area contributed by atoms with Gasteiger partial charge in [0.1, 0.15) is 0 Å². The number of benzene rings is 1. The highest BCUT2D eigenvalue weighted by Crippen LogP contribution is 2.16. The third-order valence-electron chi connectivity index (χ3n) is 2.63. The van der Waals surface area contributed by atoms with Crippen LogP contribution in [0.1, 0.15) is 0 Å². The van der Waals surface area contributed by atoms with Crippen molar-refractivity contribution in [1.29, 1.82) is 0 Å². The number of thioether (sulfide) groups is 1. The van der Waals surface area contributed by atoms with E-state index in [1.54, 1.807) is 11.8 Å². The van der Waals surface area contributed by atoms with E-state index in [4.69, 9.17) is 0 Å². The molecule has 3 nitrogen and oxygen atoms in total. The second-order valence-electron chi connectivity index (χ2n) is 3.93. The zero-order valence-corrected chi connectivity index (χ0v) is 11.0. The summed E-state index contributed by atoms with van der Waals surface area (Å²) in [4.78, 5) is 6.55. The van der Waals surface area contributed by atoms with Crippen molar-refractivity contribution in [1.82, 2.24) is 9.55 Å². The fourth-order valence-corrected chi connectivity index (χ4v) is 2.52. The number of imidazole rings is 1. The molecule has 0 fully saturated rings. The summed E-state index contributed by atoms with van der Waals surface area (Å²) in [6.45, 7) is 1.02. The van der Waals surface area contributed by atoms with Crippen molar-refractivity contribution in [3.05, 3.63) is 42.7 Å². The van der Waals surface area contributed by atoms with Gasteiger partial charge in [-0.05, 0) is 12.1 Å². The molecule has 0 atom stereocenters. The fourth-order valence-electron chi connectivity index (χ4n) is 1.58. The highest BCUT2D eigenvalue weighted by atomic mass is 32.2. The summed E-state index contributed by atoms with van der Waals surface area (Å²) >= 11 is 1.79. The van der Waals surface area contributed by atoms with Crippen LogP contribution in [0.25, 0.3) is 0 Å². The molecular weight excluding hydrogens is 230 g/mol.